The van der Waals surface area contributed by atoms with Gasteiger partial charge in [0.15, 0.2) is 0 Å². The van der Waals surface area contributed by atoms with Gasteiger partial charge < -0.3 is 15.2 Å². The Kier molecular flexibility index (Phi) is 5.31. The van der Waals surface area contributed by atoms with Gasteiger partial charge in [0, 0.05) is 18.2 Å². The fourth-order valence-corrected chi connectivity index (χ4v) is 2.16. The number of para-hydroxylation sites is 1. The van der Waals surface area contributed by atoms with Gasteiger partial charge in [-0.1, -0.05) is 18.2 Å². The SMILES string of the molecule is CNC(C)c1cc(F)ccc1Oc1ccccc1CCO. The third-order valence-corrected chi connectivity index (χ3v) is 3.45. The van der Waals surface area contributed by atoms with Crippen molar-refractivity contribution in [2.24, 2.45) is 0 Å². The maximum absolute atomic E-state index is 13.5. The topological polar surface area (TPSA) is 41.5 Å². The average Bonchev–Trinajstić information content (AvgIpc) is 2.50. The first kappa shape index (κ1) is 15.5. The zero-order valence-corrected chi connectivity index (χ0v) is 12.3. The van der Waals surface area contributed by atoms with Crippen molar-refractivity contribution in [3.05, 3.63) is 59.4 Å². The number of aliphatic hydroxyl groups is 1. The predicted octanol–water partition coefficient (Wildman–Crippen LogP) is 3.43. The highest BCUT2D eigenvalue weighted by atomic mass is 19.1. The lowest BCUT2D eigenvalue weighted by Gasteiger charge is -2.18. The molecule has 0 heterocycles. The fraction of sp³-hybridized carbons (Fsp3) is 0.294. The maximum atomic E-state index is 13.5. The lowest BCUT2D eigenvalue weighted by molar-refractivity contribution is 0.297. The van der Waals surface area contributed by atoms with E-state index in [2.05, 4.69) is 5.32 Å². The van der Waals surface area contributed by atoms with Crippen LogP contribution in [0.2, 0.25) is 0 Å². The lowest BCUT2D eigenvalue weighted by atomic mass is 10.1. The minimum Gasteiger partial charge on any atom is -0.457 e. The molecule has 21 heavy (non-hydrogen) atoms. The van der Waals surface area contributed by atoms with E-state index in [4.69, 9.17) is 9.84 Å². The van der Waals surface area contributed by atoms with Crippen molar-refractivity contribution in [1.29, 1.82) is 0 Å². The molecule has 0 amide bonds. The summed E-state index contributed by atoms with van der Waals surface area (Å²) in [7, 11) is 1.82. The van der Waals surface area contributed by atoms with Gasteiger partial charge >= 0.3 is 0 Å². The molecule has 1 atom stereocenters. The Bertz CT molecular complexity index is 601. The van der Waals surface area contributed by atoms with Crippen molar-refractivity contribution < 1.29 is 14.2 Å². The zero-order chi connectivity index (χ0) is 15.2. The highest BCUT2D eigenvalue weighted by molar-refractivity contribution is 5.42. The number of hydrogen-bond donors (Lipinski definition) is 2. The van der Waals surface area contributed by atoms with E-state index < -0.39 is 0 Å². The molecule has 0 saturated carbocycles. The monoisotopic (exact) mass is 289 g/mol. The molecule has 2 N–H and O–H groups in total. The second-order valence-electron chi connectivity index (χ2n) is 4.88. The molecule has 3 nitrogen and oxygen atoms in total. The van der Waals surface area contributed by atoms with Gasteiger partial charge in [-0.25, -0.2) is 4.39 Å². The molecule has 1 unspecified atom stereocenters. The van der Waals surface area contributed by atoms with E-state index in [1.54, 1.807) is 6.07 Å². The van der Waals surface area contributed by atoms with Crippen LogP contribution in [0.5, 0.6) is 11.5 Å². The van der Waals surface area contributed by atoms with Gasteiger partial charge in [0.25, 0.3) is 0 Å². The first-order valence-electron chi connectivity index (χ1n) is 6.99. The summed E-state index contributed by atoms with van der Waals surface area (Å²) in [5.41, 5.74) is 1.68. The van der Waals surface area contributed by atoms with Crippen LogP contribution in [0.15, 0.2) is 42.5 Å². The van der Waals surface area contributed by atoms with Gasteiger partial charge in [0.2, 0.25) is 0 Å². The first-order chi connectivity index (χ1) is 10.2. The number of halogens is 1. The van der Waals surface area contributed by atoms with Gasteiger partial charge in [0.05, 0.1) is 0 Å². The van der Waals surface area contributed by atoms with E-state index in [1.807, 2.05) is 38.2 Å². The minimum absolute atomic E-state index is 0.0271. The van der Waals surface area contributed by atoms with Gasteiger partial charge in [-0.3, -0.25) is 0 Å². The Hall–Kier alpha value is -1.91. The van der Waals surface area contributed by atoms with Crippen molar-refractivity contribution in [3.63, 3.8) is 0 Å². The molecule has 2 rings (SSSR count). The summed E-state index contributed by atoms with van der Waals surface area (Å²) in [5.74, 6) is 1.01. The van der Waals surface area contributed by atoms with Crippen LogP contribution in [0.1, 0.15) is 24.1 Å². The normalized spacial score (nSPS) is 12.2. The molecule has 0 radical (unpaired) electrons. The molecule has 2 aromatic carbocycles. The molecule has 2 aromatic rings. The minimum atomic E-state index is -0.289. The van der Waals surface area contributed by atoms with Crippen LogP contribution >= 0.6 is 0 Å². The molecule has 0 aliphatic carbocycles. The van der Waals surface area contributed by atoms with E-state index in [0.29, 0.717) is 17.9 Å². The Balaban J connectivity index is 2.35. The van der Waals surface area contributed by atoms with E-state index in [0.717, 1.165) is 11.1 Å². The lowest BCUT2D eigenvalue weighted by Crippen LogP contribution is -2.13. The van der Waals surface area contributed by atoms with Crippen molar-refractivity contribution >= 4 is 0 Å². The van der Waals surface area contributed by atoms with Crippen LogP contribution in [0.4, 0.5) is 4.39 Å². The number of benzene rings is 2. The predicted molar refractivity (Wildman–Crippen MR) is 81.2 cm³/mol. The summed E-state index contributed by atoms with van der Waals surface area (Å²) in [5, 5.41) is 12.2. The number of nitrogens with one attached hydrogen (secondary N) is 1. The second kappa shape index (κ2) is 7.20. The smallest absolute Gasteiger partial charge is 0.132 e. The third kappa shape index (κ3) is 3.80. The van der Waals surface area contributed by atoms with Crippen molar-refractivity contribution in [2.75, 3.05) is 13.7 Å². The number of ether oxygens (including phenoxy) is 1. The van der Waals surface area contributed by atoms with E-state index >= 15 is 0 Å². The van der Waals surface area contributed by atoms with Crippen LogP contribution in [-0.2, 0) is 6.42 Å². The Morgan fingerprint density at radius 2 is 1.95 bits per heavy atom. The van der Waals surface area contributed by atoms with Crippen LogP contribution in [0.25, 0.3) is 0 Å². The van der Waals surface area contributed by atoms with Crippen LogP contribution in [0, 0.1) is 5.82 Å². The molecule has 0 aliphatic rings. The van der Waals surface area contributed by atoms with Crippen molar-refractivity contribution in [2.45, 2.75) is 19.4 Å². The highest BCUT2D eigenvalue weighted by Gasteiger charge is 2.13. The number of aliphatic hydroxyl groups excluding tert-OH is 1. The summed E-state index contributed by atoms with van der Waals surface area (Å²) in [6.45, 7) is 2.00. The molecular formula is C17H20FNO2. The largest absolute Gasteiger partial charge is 0.457 e. The van der Waals surface area contributed by atoms with Gasteiger partial charge in [0.1, 0.15) is 17.3 Å². The summed E-state index contributed by atoms with van der Waals surface area (Å²) in [4.78, 5) is 0. The first-order valence-corrected chi connectivity index (χ1v) is 6.99. The molecule has 0 aliphatic heterocycles. The van der Waals surface area contributed by atoms with Gasteiger partial charge in [-0.15, -0.1) is 0 Å². The summed E-state index contributed by atoms with van der Waals surface area (Å²) in [6, 6.07) is 12.0. The molecule has 0 spiro atoms. The van der Waals surface area contributed by atoms with E-state index in [1.165, 1.54) is 12.1 Å². The second-order valence-corrected chi connectivity index (χ2v) is 4.88. The molecule has 0 bridgehead atoms. The standard InChI is InChI=1S/C17H20FNO2/c1-12(19-2)15-11-14(18)7-8-17(15)21-16-6-4-3-5-13(16)9-10-20/h3-8,11-12,19-20H,9-10H2,1-2H3. The average molecular weight is 289 g/mol. The molecule has 112 valence electrons. The molecule has 0 aromatic heterocycles. The summed E-state index contributed by atoms with van der Waals surface area (Å²) < 4.78 is 19.4. The summed E-state index contributed by atoms with van der Waals surface area (Å²) in [6.07, 6.45) is 0.522. The van der Waals surface area contributed by atoms with Crippen LogP contribution < -0.4 is 10.1 Å². The fourth-order valence-electron chi connectivity index (χ4n) is 2.16. The van der Waals surface area contributed by atoms with E-state index in [-0.39, 0.29) is 18.5 Å². The number of hydrogen-bond acceptors (Lipinski definition) is 3. The third-order valence-electron chi connectivity index (χ3n) is 3.45. The quantitative estimate of drug-likeness (QED) is 0.856. The Labute approximate surface area is 124 Å². The van der Waals surface area contributed by atoms with Crippen LogP contribution in [0.3, 0.4) is 0 Å². The highest BCUT2D eigenvalue weighted by Crippen LogP contribution is 2.32. The Morgan fingerprint density at radius 3 is 2.67 bits per heavy atom. The molecule has 4 heteroatoms. The molecular weight excluding hydrogens is 269 g/mol. The number of rotatable bonds is 6. The Morgan fingerprint density at radius 1 is 1.19 bits per heavy atom. The van der Waals surface area contributed by atoms with E-state index in [9.17, 15) is 4.39 Å². The summed E-state index contributed by atoms with van der Waals surface area (Å²) >= 11 is 0. The van der Waals surface area contributed by atoms with Gasteiger partial charge in [-0.2, -0.15) is 0 Å². The zero-order valence-electron chi connectivity index (χ0n) is 12.3. The maximum Gasteiger partial charge on any atom is 0.132 e. The van der Waals surface area contributed by atoms with Crippen molar-refractivity contribution in [1.82, 2.24) is 5.32 Å². The van der Waals surface area contributed by atoms with Gasteiger partial charge in [-0.05, 0) is 50.2 Å². The van der Waals surface area contributed by atoms with Crippen molar-refractivity contribution in [3.8, 4) is 11.5 Å². The molecule has 0 fully saturated rings. The van der Waals surface area contributed by atoms with Crippen LogP contribution in [-0.4, -0.2) is 18.8 Å². The molecule has 0 saturated heterocycles.